The zero-order valence-electron chi connectivity index (χ0n) is 15.6. The average molecular weight is 386 g/mol. The fraction of sp³-hybridized carbons (Fsp3) is 0.476. The molecular formula is C21H27N3O2S. The predicted molar refractivity (Wildman–Crippen MR) is 108 cm³/mol. The monoisotopic (exact) mass is 385 g/mol. The number of hydrogen-bond donors (Lipinski definition) is 0. The van der Waals surface area contributed by atoms with Crippen molar-refractivity contribution in [3.8, 4) is 0 Å². The van der Waals surface area contributed by atoms with E-state index in [0.717, 1.165) is 38.3 Å². The molecule has 1 aromatic heterocycles. The van der Waals surface area contributed by atoms with Gasteiger partial charge in [0.05, 0.1) is 13.2 Å². The highest BCUT2D eigenvalue weighted by atomic mass is 32.1. The fourth-order valence-electron chi connectivity index (χ4n) is 3.92. The van der Waals surface area contributed by atoms with Crippen LogP contribution in [0.4, 0.5) is 0 Å². The van der Waals surface area contributed by atoms with Gasteiger partial charge < -0.3 is 9.64 Å². The first kappa shape index (κ1) is 18.6. The minimum Gasteiger partial charge on any atom is -0.378 e. The maximum Gasteiger partial charge on any atom is 0.244 e. The molecule has 2 aliphatic rings. The van der Waals surface area contributed by atoms with E-state index in [1.54, 1.807) is 11.3 Å². The molecule has 1 aromatic carbocycles. The molecule has 1 amide bonds. The molecule has 0 unspecified atom stereocenters. The molecule has 5 nitrogen and oxygen atoms in total. The number of nitrogens with zero attached hydrogens (tertiary/aromatic N) is 3. The molecule has 3 heterocycles. The molecule has 0 bridgehead atoms. The van der Waals surface area contributed by atoms with Gasteiger partial charge in [0.1, 0.15) is 6.04 Å². The molecule has 0 saturated carbocycles. The van der Waals surface area contributed by atoms with E-state index in [1.165, 1.54) is 5.56 Å². The van der Waals surface area contributed by atoms with Gasteiger partial charge in [0.2, 0.25) is 5.91 Å². The maximum absolute atomic E-state index is 13.4. The highest BCUT2D eigenvalue weighted by Gasteiger charge is 2.33. The Morgan fingerprint density at radius 1 is 1.00 bits per heavy atom. The van der Waals surface area contributed by atoms with Crippen molar-refractivity contribution in [1.29, 1.82) is 0 Å². The Morgan fingerprint density at radius 2 is 1.74 bits per heavy atom. The highest BCUT2D eigenvalue weighted by molar-refractivity contribution is 7.07. The number of piperazine rings is 1. The maximum atomic E-state index is 13.4. The molecule has 0 aliphatic carbocycles. The molecule has 2 aromatic rings. The summed E-state index contributed by atoms with van der Waals surface area (Å²) in [6.45, 7) is 7.50. The molecule has 4 rings (SSSR count). The molecule has 27 heavy (non-hydrogen) atoms. The number of benzene rings is 1. The van der Waals surface area contributed by atoms with Gasteiger partial charge in [0, 0.05) is 45.8 Å². The summed E-state index contributed by atoms with van der Waals surface area (Å²) in [6, 6.07) is 12.3. The van der Waals surface area contributed by atoms with Crippen LogP contribution in [0.15, 0.2) is 47.2 Å². The van der Waals surface area contributed by atoms with E-state index in [1.807, 2.05) is 23.1 Å². The van der Waals surface area contributed by atoms with E-state index in [2.05, 4.69) is 38.8 Å². The Hall–Kier alpha value is -1.73. The Bertz CT molecular complexity index is 708. The Labute approximate surface area is 165 Å². The topological polar surface area (TPSA) is 36.0 Å². The number of hydrogen-bond acceptors (Lipinski definition) is 5. The molecule has 144 valence electrons. The summed E-state index contributed by atoms with van der Waals surface area (Å²) in [5, 5.41) is 4.36. The molecule has 0 N–H and O–H groups in total. The summed E-state index contributed by atoms with van der Waals surface area (Å²) in [6.07, 6.45) is 0. The second kappa shape index (κ2) is 8.97. The third kappa shape index (κ3) is 4.58. The SMILES string of the molecule is O=C([C@H](c1ccccc1)N1CCN(Cc2ccsc2)CC1)N1CCOCC1. The lowest BCUT2D eigenvalue weighted by Crippen LogP contribution is -2.52. The number of carbonyl (C=O) groups is 1. The van der Waals surface area contributed by atoms with E-state index in [0.29, 0.717) is 26.3 Å². The van der Waals surface area contributed by atoms with Crippen LogP contribution < -0.4 is 0 Å². The van der Waals surface area contributed by atoms with Crippen molar-refractivity contribution < 1.29 is 9.53 Å². The molecule has 2 saturated heterocycles. The van der Waals surface area contributed by atoms with Gasteiger partial charge in [-0.15, -0.1) is 0 Å². The van der Waals surface area contributed by atoms with E-state index in [-0.39, 0.29) is 11.9 Å². The smallest absolute Gasteiger partial charge is 0.244 e. The van der Waals surface area contributed by atoms with Crippen molar-refractivity contribution in [2.45, 2.75) is 12.6 Å². The van der Waals surface area contributed by atoms with E-state index >= 15 is 0 Å². The molecule has 1 atom stereocenters. The Kier molecular flexibility index (Phi) is 6.19. The van der Waals surface area contributed by atoms with Crippen molar-refractivity contribution >= 4 is 17.2 Å². The zero-order chi connectivity index (χ0) is 18.5. The van der Waals surface area contributed by atoms with Crippen LogP contribution in [0.25, 0.3) is 0 Å². The van der Waals surface area contributed by atoms with Crippen LogP contribution in [0.1, 0.15) is 17.2 Å². The van der Waals surface area contributed by atoms with Crippen molar-refractivity contribution in [1.82, 2.24) is 14.7 Å². The second-order valence-electron chi connectivity index (χ2n) is 7.19. The number of thiophene rings is 1. The van der Waals surface area contributed by atoms with Crippen LogP contribution in [-0.4, -0.2) is 73.1 Å². The lowest BCUT2D eigenvalue weighted by molar-refractivity contribution is -0.142. The molecule has 2 aliphatic heterocycles. The standard InChI is InChI=1S/C21H27N3O2S/c25-21(24-11-13-26-14-12-24)20(19-4-2-1-3-5-19)23-9-7-22(8-10-23)16-18-6-15-27-17-18/h1-6,15,17,20H,7-14,16H2/t20-/m0/s1. The summed E-state index contributed by atoms with van der Waals surface area (Å²) in [5.74, 6) is 0.218. The van der Waals surface area contributed by atoms with E-state index in [4.69, 9.17) is 4.74 Å². The lowest BCUT2D eigenvalue weighted by Gasteiger charge is -2.41. The van der Waals surface area contributed by atoms with Gasteiger partial charge in [0.25, 0.3) is 0 Å². The van der Waals surface area contributed by atoms with Gasteiger partial charge in [-0.25, -0.2) is 0 Å². The third-order valence-electron chi connectivity index (χ3n) is 5.43. The number of carbonyl (C=O) groups excluding carboxylic acids is 1. The van der Waals surface area contributed by atoms with Crippen LogP contribution in [0.3, 0.4) is 0 Å². The quantitative estimate of drug-likeness (QED) is 0.792. The largest absolute Gasteiger partial charge is 0.378 e. The van der Waals surface area contributed by atoms with Crippen molar-refractivity contribution in [2.24, 2.45) is 0 Å². The average Bonchev–Trinajstić information content (AvgIpc) is 3.24. The minimum absolute atomic E-state index is 0.187. The number of ether oxygens (including phenoxy) is 1. The van der Waals surface area contributed by atoms with E-state index in [9.17, 15) is 4.79 Å². The lowest BCUT2D eigenvalue weighted by atomic mass is 10.0. The van der Waals surface area contributed by atoms with Crippen LogP contribution in [0.5, 0.6) is 0 Å². The van der Waals surface area contributed by atoms with Crippen molar-refractivity contribution in [3.63, 3.8) is 0 Å². The first-order chi connectivity index (χ1) is 13.3. The molecule has 0 radical (unpaired) electrons. The Balaban J connectivity index is 1.45. The van der Waals surface area contributed by atoms with Gasteiger partial charge in [-0.2, -0.15) is 11.3 Å². The number of amides is 1. The van der Waals surface area contributed by atoms with Gasteiger partial charge in [-0.05, 0) is 28.0 Å². The Morgan fingerprint density at radius 3 is 2.41 bits per heavy atom. The van der Waals surface area contributed by atoms with Crippen LogP contribution >= 0.6 is 11.3 Å². The molecule has 2 fully saturated rings. The van der Waals surface area contributed by atoms with Gasteiger partial charge in [-0.1, -0.05) is 30.3 Å². The van der Waals surface area contributed by atoms with Gasteiger partial charge in [0.15, 0.2) is 0 Å². The first-order valence-electron chi connectivity index (χ1n) is 9.70. The number of morpholine rings is 1. The summed E-state index contributed by atoms with van der Waals surface area (Å²) in [5.41, 5.74) is 2.48. The normalized spacial score (nSPS) is 20.5. The highest BCUT2D eigenvalue weighted by Crippen LogP contribution is 2.25. The predicted octanol–water partition coefficient (Wildman–Crippen LogP) is 2.47. The summed E-state index contributed by atoms with van der Waals surface area (Å²) >= 11 is 1.75. The summed E-state index contributed by atoms with van der Waals surface area (Å²) < 4.78 is 5.43. The molecule has 6 heteroatoms. The fourth-order valence-corrected chi connectivity index (χ4v) is 4.58. The van der Waals surface area contributed by atoms with Crippen molar-refractivity contribution in [2.75, 3.05) is 52.5 Å². The number of rotatable bonds is 5. The molecule has 0 spiro atoms. The first-order valence-corrected chi connectivity index (χ1v) is 10.6. The van der Waals surface area contributed by atoms with E-state index < -0.39 is 0 Å². The minimum atomic E-state index is -0.187. The second-order valence-corrected chi connectivity index (χ2v) is 7.97. The van der Waals surface area contributed by atoms with Crippen LogP contribution in [-0.2, 0) is 16.1 Å². The zero-order valence-corrected chi connectivity index (χ0v) is 16.4. The third-order valence-corrected chi connectivity index (χ3v) is 6.16. The molecular weight excluding hydrogens is 358 g/mol. The van der Waals surface area contributed by atoms with Gasteiger partial charge in [-0.3, -0.25) is 14.6 Å². The van der Waals surface area contributed by atoms with Gasteiger partial charge >= 0.3 is 0 Å². The van der Waals surface area contributed by atoms with Crippen LogP contribution in [0.2, 0.25) is 0 Å². The van der Waals surface area contributed by atoms with Crippen LogP contribution in [0, 0.1) is 0 Å². The summed E-state index contributed by atoms with van der Waals surface area (Å²) in [4.78, 5) is 20.2. The summed E-state index contributed by atoms with van der Waals surface area (Å²) in [7, 11) is 0. The van der Waals surface area contributed by atoms with Crippen molar-refractivity contribution in [3.05, 3.63) is 58.3 Å².